The molecule has 176 valence electrons. The van der Waals surface area contributed by atoms with Gasteiger partial charge in [0.05, 0.1) is 51.3 Å². The molecule has 10 nitrogen and oxygen atoms in total. The van der Waals surface area contributed by atoms with Crippen LogP contribution in [0.4, 0.5) is 0 Å². The van der Waals surface area contributed by atoms with Gasteiger partial charge in [0, 0.05) is 17.0 Å². The van der Waals surface area contributed by atoms with Gasteiger partial charge in [-0.3, -0.25) is 0 Å². The summed E-state index contributed by atoms with van der Waals surface area (Å²) in [4.78, 5) is 22.0. The molecule has 2 aromatic heterocycles. The van der Waals surface area contributed by atoms with E-state index in [1.54, 1.807) is 35.9 Å². The molecule has 0 aliphatic rings. The number of hydrogen-bond donors (Lipinski definition) is 1. The Morgan fingerprint density at radius 2 is 1.76 bits per heavy atom. The molecule has 0 saturated carbocycles. The van der Waals surface area contributed by atoms with E-state index in [0.717, 1.165) is 0 Å². The van der Waals surface area contributed by atoms with E-state index in [4.69, 9.17) is 23.9 Å². The van der Waals surface area contributed by atoms with E-state index < -0.39 is 5.97 Å². The zero-order valence-corrected chi connectivity index (χ0v) is 19.2. The van der Waals surface area contributed by atoms with Gasteiger partial charge in [0.1, 0.15) is 12.7 Å². The number of ether oxygens (including phenoxy) is 4. The quantitative estimate of drug-likeness (QED) is 0.391. The van der Waals surface area contributed by atoms with E-state index in [1.807, 2.05) is 0 Å². The summed E-state index contributed by atoms with van der Waals surface area (Å²) in [5.74, 6) is 0.642. The number of carbonyl (C=O) groups is 1. The lowest BCUT2D eigenvalue weighted by atomic mass is 9.93. The highest BCUT2D eigenvalue weighted by atomic mass is 16.5. The Kier molecular flexibility index (Phi) is 6.48. The van der Waals surface area contributed by atoms with Gasteiger partial charge < -0.3 is 24.1 Å². The van der Waals surface area contributed by atoms with E-state index in [2.05, 4.69) is 10.1 Å². The van der Waals surface area contributed by atoms with Crippen molar-refractivity contribution in [2.45, 2.75) is 13.5 Å². The summed E-state index contributed by atoms with van der Waals surface area (Å²) in [7, 11) is 4.53. The molecule has 0 bridgehead atoms. The van der Waals surface area contributed by atoms with Crippen molar-refractivity contribution in [1.29, 1.82) is 0 Å². The number of nitrogens with zero attached hydrogens (tertiary/aromatic N) is 4. The highest BCUT2D eigenvalue weighted by molar-refractivity contribution is 6.08. The number of aromatic hydroxyl groups is 1. The van der Waals surface area contributed by atoms with Crippen LogP contribution < -0.4 is 14.2 Å². The van der Waals surface area contributed by atoms with Crippen LogP contribution in [0.5, 0.6) is 23.0 Å². The summed E-state index contributed by atoms with van der Waals surface area (Å²) in [6, 6.07) is 8.41. The first-order valence-corrected chi connectivity index (χ1v) is 10.5. The van der Waals surface area contributed by atoms with E-state index in [9.17, 15) is 9.90 Å². The fourth-order valence-electron chi connectivity index (χ4n) is 3.79. The number of hydrogen-bond acceptors (Lipinski definition) is 9. The van der Waals surface area contributed by atoms with Gasteiger partial charge in [-0.15, -0.1) is 0 Å². The van der Waals surface area contributed by atoms with Gasteiger partial charge in [-0.1, -0.05) is 6.07 Å². The molecule has 0 fully saturated rings. The number of aromatic nitrogens is 4. The van der Waals surface area contributed by atoms with Crippen molar-refractivity contribution in [3.05, 3.63) is 54.2 Å². The number of methoxy groups -OCH3 is 3. The molecular weight excluding hydrogens is 440 g/mol. The first-order chi connectivity index (χ1) is 16.5. The molecule has 2 aromatic carbocycles. The third-order valence-corrected chi connectivity index (χ3v) is 5.29. The van der Waals surface area contributed by atoms with Crippen molar-refractivity contribution in [3.63, 3.8) is 0 Å². The lowest BCUT2D eigenvalue weighted by Gasteiger charge is -2.19. The number of phenols is 1. The van der Waals surface area contributed by atoms with E-state index in [1.165, 1.54) is 40.1 Å². The number of fused-ring (bicyclic) bond motifs is 1. The Labute approximate surface area is 195 Å². The molecule has 0 aliphatic carbocycles. The van der Waals surface area contributed by atoms with E-state index >= 15 is 0 Å². The van der Waals surface area contributed by atoms with Crippen molar-refractivity contribution in [1.82, 2.24) is 19.7 Å². The molecule has 34 heavy (non-hydrogen) atoms. The maximum absolute atomic E-state index is 13.3. The average Bonchev–Trinajstić information content (AvgIpc) is 3.35. The molecule has 0 amide bonds. The van der Waals surface area contributed by atoms with Gasteiger partial charge in [-0.25, -0.2) is 19.4 Å². The molecule has 0 atom stereocenters. The van der Waals surface area contributed by atoms with Crippen molar-refractivity contribution < 1.29 is 28.8 Å². The van der Waals surface area contributed by atoms with Crippen LogP contribution in [-0.2, 0) is 11.3 Å². The normalized spacial score (nSPS) is 10.8. The second-order valence-corrected chi connectivity index (χ2v) is 7.23. The molecule has 1 N–H and O–H groups in total. The van der Waals surface area contributed by atoms with Crippen LogP contribution in [0.25, 0.3) is 22.0 Å². The summed E-state index contributed by atoms with van der Waals surface area (Å²) < 4.78 is 23.1. The minimum atomic E-state index is -0.549. The van der Waals surface area contributed by atoms with Gasteiger partial charge in [0.2, 0.25) is 0 Å². The summed E-state index contributed by atoms with van der Waals surface area (Å²) in [5, 5.41) is 15.3. The molecule has 0 radical (unpaired) electrons. The summed E-state index contributed by atoms with van der Waals surface area (Å²) in [5.41, 5.74) is 2.33. The van der Waals surface area contributed by atoms with Crippen LogP contribution >= 0.6 is 0 Å². The average molecular weight is 464 g/mol. The van der Waals surface area contributed by atoms with Crippen LogP contribution in [0, 0.1) is 0 Å². The van der Waals surface area contributed by atoms with Crippen LogP contribution in [-0.4, -0.2) is 58.8 Å². The van der Waals surface area contributed by atoms with Crippen molar-refractivity contribution in [2.24, 2.45) is 0 Å². The van der Waals surface area contributed by atoms with Gasteiger partial charge in [0.25, 0.3) is 0 Å². The van der Waals surface area contributed by atoms with Crippen molar-refractivity contribution >= 4 is 16.9 Å². The predicted molar refractivity (Wildman–Crippen MR) is 124 cm³/mol. The largest absolute Gasteiger partial charge is 0.504 e. The molecule has 10 heteroatoms. The highest BCUT2D eigenvalue weighted by Crippen LogP contribution is 2.41. The minimum Gasteiger partial charge on any atom is -0.504 e. The van der Waals surface area contributed by atoms with E-state index in [0.29, 0.717) is 45.0 Å². The van der Waals surface area contributed by atoms with Crippen LogP contribution in [0.3, 0.4) is 0 Å². The molecule has 0 saturated heterocycles. The second-order valence-electron chi connectivity index (χ2n) is 7.23. The van der Waals surface area contributed by atoms with Crippen molar-refractivity contribution in [2.75, 3.05) is 27.9 Å². The molecule has 0 spiro atoms. The lowest BCUT2D eigenvalue weighted by molar-refractivity contribution is 0.0525. The molecule has 0 unspecified atom stereocenters. The van der Waals surface area contributed by atoms with Crippen molar-refractivity contribution in [3.8, 4) is 34.1 Å². The Morgan fingerprint density at radius 1 is 1.03 bits per heavy atom. The number of carbonyl (C=O) groups excluding carboxylic acids is 1. The third kappa shape index (κ3) is 4.17. The minimum absolute atomic E-state index is 0.0712. The number of esters is 1. The summed E-state index contributed by atoms with van der Waals surface area (Å²) in [6.07, 6.45) is 2.94. The summed E-state index contributed by atoms with van der Waals surface area (Å²) in [6.45, 7) is 2.09. The number of rotatable bonds is 8. The van der Waals surface area contributed by atoms with Crippen LogP contribution in [0.15, 0.2) is 43.0 Å². The maximum atomic E-state index is 13.3. The first kappa shape index (κ1) is 22.8. The molecule has 4 aromatic rings. The highest BCUT2D eigenvalue weighted by Gasteiger charge is 2.26. The first-order valence-electron chi connectivity index (χ1n) is 10.5. The molecule has 0 aliphatic heterocycles. The molecule has 2 heterocycles. The number of pyridine rings is 1. The zero-order valence-electron chi connectivity index (χ0n) is 19.2. The van der Waals surface area contributed by atoms with Crippen LogP contribution in [0.1, 0.15) is 23.0 Å². The topological polar surface area (TPSA) is 118 Å². The Bertz CT molecular complexity index is 1340. The zero-order chi connectivity index (χ0) is 24.2. The van der Waals surface area contributed by atoms with E-state index in [-0.39, 0.29) is 24.5 Å². The van der Waals surface area contributed by atoms with Gasteiger partial charge in [-0.05, 0) is 30.7 Å². The number of phenolic OH excluding ortho intramolecular Hbond substituents is 1. The van der Waals surface area contributed by atoms with Gasteiger partial charge in [0.15, 0.2) is 23.0 Å². The monoisotopic (exact) mass is 464 g/mol. The smallest absolute Gasteiger partial charge is 0.340 e. The standard InChI is InChI=1S/C24H24N4O6/c1-5-34-24(30)23-17(11-28-13-25-12-26-28)27-16-10-21(33-4)20(32-3)9-15(16)22(23)14-6-7-19(31-2)18(29)8-14/h6-10,12-13,29H,5,11H2,1-4H3. The maximum Gasteiger partial charge on any atom is 0.340 e. The fraction of sp³-hybridized carbons (Fsp3) is 0.250. The fourth-order valence-corrected chi connectivity index (χ4v) is 3.79. The Hall–Kier alpha value is -4.34. The summed E-state index contributed by atoms with van der Waals surface area (Å²) >= 11 is 0. The SMILES string of the molecule is CCOC(=O)c1c(Cn2cncn2)nc2cc(OC)c(OC)cc2c1-c1ccc(OC)c(O)c1. The second kappa shape index (κ2) is 9.65. The van der Waals surface area contributed by atoms with Crippen LogP contribution in [0.2, 0.25) is 0 Å². The Morgan fingerprint density at radius 3 is 2.38 bits per heavy atom. The molecule has 4 rings (SSSR count). The predicted octanol–water partition coefficient (Wildman–Crippen LogP) is 3.45. The molecular formula is C24H24N4O6. The lowest BCUT2D eigenvalue weighted by Crippen LogP contribution is -2.15. The third-order valence-electron chi connectivity index (χ3n) is 5.29. The van der Waals surface area contributed by atoms with Gasteiger partial charge >= 0.3 is 5.97 Å². The number of benzene rings is 2. The van der Waals surface area contributed by atoms with Gasteiger partial charge in [-0.2, -0.15) is 5.10 Å². The Balaban J connectivity index is 2.11.